The number of aromatic nitrogens is 3. The lowest BCUT2D eigenvalue weighted by atomic mass is 10.1. The zero-order valence-corrected chi connectivity index (χ0v) is 16.8. The molecule has 29 heavy (non-hydrogen) atoms. The van der Waals surface area contributed by atoms with Crippen molar-refractivity contribution in [1.82, 2.24) is 14.8 Å². The van der Waals surface area contributed by atoms with Gasteiger partial charge in [-0.25, -0.2) is 0 Å². The van der Waals surface area contributed by atoms with Gasteiger partial charge in [-0.2, -0.15) is 11.3 Å². The number of nitrogens with one attached hydrogen (secondary N) is 1. The summed E-state index contributed by atoms with van der Waals surface area (Å²) in [6.45, 7) is 1.72. The van der Waals surface area contributed by atoms with Crippen LogP contribution in [0.3, 0.4) is 0 Å². The summed E-state index contributed by atoms with van der Waals surface area (Å²) in [6.07, 6.45) is 4.25. The first-order valence-corrected chi connectivity index (χ1v) is 10.0. The third-order valence-corrected chi connectivity index (χ3v) is 5.24. The highest BCUT2D eigenvalue weighted by molar-refractivity contribution is 7.08. The molecular weight excluding hydrogens is 388 g/mol. The molecule has 8 heteroatoms. The van der Waals surface area contributed by atoms with E-state index in [2.05, 4.69) is 20.9 Å². The van der Waals surface area contributed by atoms with Gasteiger partial charge in [0.25, 0.3) is 5.89 Å². The first-order chi connectivity index (χ1) is 14.1. The summed E-state index contributed by atoms with van der Waals surface area (Å²) in [7, 11) is 1.57. The number of aryl methyl sites for hydroxylation is 1. The number of anilines is 1. The van der Waals surface area contributed by atoms with Crippen LogP contribution in [0.5, 0.6) is 5.75 Å². The molecule has 0 aliphatic rings. The van der Waals surface area contributed by atoms with Crippen molar-refractivity contribution in [3.05, 3.63) is 71.0 Å². The number of thiophene rings is 1. The van der Waals surface area contributed by atoms with Gasteiger partial charge in [0.1, 0.15) is 5.75 Å². The molecule has 148 valence electrons. The molecule has 4 rings (SSSR count). The molecule has 1 N–H and O–H groups in total. The molecule has 3 aromatic heterocycles. The number of carbonyl (C=O) groups excluding carboxylic acids is 1. The number of ether oxygens (including phenoxy) is 1. The lowest BCUT2D eigenvalue weighted by molar-refractivity contribution is -0.116. The molecule has 0 bridgehead atoms. The van der Waals surface area contributed by atoms with Crippen molar-refractivity contribution >= 4 is 22.9 Å². The molecule has 0 spiro atoms. The molecule has 3 heterocycles. The number of hydrogen-bond donors (Lipinski definition) is 1. The maximum Gasteiger partial charge on any atom is 0.251 e. The number of benzene rings is 1. The number of carbonyl (C=O) groups is 1. The molecule has 4 aromatic rings. The van der Waals surface area contributed by atoms with Gasteiger partial charge in [-0.3, -0.25) is 4.79 Å². The Morgan fingerprint density at radius 1 is 1.28 bits per heavy atom. The molecule has 0 radical (unpaired) electrons. The molecule has 0 aliphatic carbocycles. The van der Waals surface area contributed by atoms with E-state index in [1.165, 1.54) is 0 Å². The fourth-order valence-electron chi connectivity index (χ4n) is 3.16. The Hall–Kier alpha value is -3.39. The highest BCUT2D eigenvalue weighted by atomic mass is 32.1. The van der Waals surface area contributed by atoms with Crippen LogP contribution < -0.4 is 10.1 Å². The predicted octanol–water partition coefficient (Wildman–Crippen LogP) is 4.53. The van der Waals surface area contributed by atoms with Gasteiger partial charge in [0.2, 0.25) is 11.8 Å². The first kappa shape index (κ1) is 18.9. The van der Waals surface area contributed by atoms with E-state index in [0.29, 0.717) is 35.2 Å². The van der Waals surface area contributed by atoms with Crippen LogP contribution in [0.4, 0.5) is 5.69 Å². The Morgan fingerprint density at radius 2 is 2.10 bits per heavy atom. The van der Waals surface area contributed by atoms with Gasteiger partial charge in [-0.05, 0) is 52.7 Å². The van der Waals surface area contributed by atoms with E-state index < -0.39 is 0 Å². The average Bonchev–Trinajstić information content (AvgIpc) is 3.48. The lowest BCUT2D eigenvalue weighted by Crippen LogP contribution is -2.19. The summed E-state index contributed by atoms with van der Waals surface area (Å²) in [6, 6.07) is 11.2. The molecule has 7 nitrogen and oxygen atoms in total. The van der Waals surface area contributed by atoms with E-state index in [9.17, 15) is 4.79 Å². The van der Waals surface area contributed by atoms with Crippen molar-refractivity contribution in [3.8, 4) is 17.2 Å². The standard InChI is InChI=1S/C21H20N4O3S/c1-14-23-24-21(28-14)17-11-16(5-6-19(17)27-2)22-20(26)12-18(15-7-10-29-13-15)25-8-3-4-9-25/h3-11,13,18H,12H2,1-2H3,(H,22,26). The molecule has 0 aliphatic heterocycles. The number of hydrogen-bond acceptors (Lipinski definition) is 6. The zero-order chi connectivity index (χ0) is 20.2. The van der Waals surface area contributed by atoms with E-state index >= 15 is 0 Å². The molecule has 1 aromatic carbocycles. The summed E-state index contributed by atoms with van der Waals surface area (Å²) >= 11 is 1.62. The van der Waals surface area contributed by atoms with Crippen LogP contribution in [-0.4, -0.2) is 27.8 Å². The Morgan fingerprint density at radius 3 is 2.76 bits per heavy atom. The Bertz CT molecular complexity index is 1050. The largest absolute Gasteiger partial charge is 0.496 e. The van der Waals surface area contributed by atoms with Crippen LogP contribution in [0.15, 0.2) is 64.0 Å². The summed E-state index contributed by atoms with van der Waals surface area (Å²) < 4.78 is 13.0. The molecular formula is C21H20N4O3S. The summed E-state index contributed by atoms with van der Waals surface area (Å²) in [5.41, 5.74) is 2.38. The maximum absolute atomic E-state index is 12.8. The minimum atomic E-state index is -0.0901. The third kappa shape index (κ3) is 4.22. The molecule has 1 atom stereocenters. The van der Waals surface area contributed by atoms with Crippen molar-refractivity contribution in [2.45, 2.75) is 19.4 Å². The smallest absolute Gasteiger partial charge is 0.251 e. The summed E-state index contributed by atoms with van der Waals surface area (Å²) in [4.78, 5) is 12.8. The van der Waals surface area contributed by atoms with Crippen LogP contribution in [0, 0.1) is 6.92 Å². The zero-order valence-electron chi connectivity index (χ0n) is 16.0. The van der Waals surface area contributed by atoms with Gasteiger partial charge in [0, 0.05) is 25.0 Å². The molecule has 1 unspecified atom stereocenters. The third-order valence-electron chi connectivity index (χ3n) is 4.53. The molecule has 0 saturated carbocycles. The number of nitrogens with zero attached hydrogens (tertiary/aromatic N) is 3. The fourth-order valence-corrected chi connectivity index (χ4v) is 3.87. The predicted molar refractivity (Wildman–Crippen MR) is 111 cm³/mol. The Balaban J connectivity index is 1.55. The van der Waals surface area contributed by atoms with E-state index in [4.69, 9.17) is 9.15 Å². The Labute approximate surface area is 172 Å². The number of amides is 1. The van der Waals surface area contributed by atoms with Gasteiger partial charge in [0.05, 0.1) is 25.1 Å². The minimum Gasteiger partial charge on any atom is -0.496 e. The SMILES string of the molecule is COc1ccc(NC(=O)CC(c2ccsc2)n2cccc2)cc1-c1nnc(C)o1. The second kappa shape index (κ2) is 8.32. The van der Waals surface area contributed by atoms with Crippen molar-refractivity contribution in [2.75, 3.05) is 12.4 Å². The normalized spacial score (nSPS) is 11.9. The monoisotopic (exact) mass is 408 g/mol. The first-order valence-electron chi connectivity index (χ1n) is 9.07. The number of methoxy groups -OCH3 is 1. The summed E-state index contributed by atoms with van der Waals surface area (Å²) in [5, 5.41) is 15.0. The van der Waals surface area contributed by atoms with Gasteiger partial charge in [-0.1, -0.05) is 0 Å². The van der Waals surface area contributed by atoms with Gasteiger partial charge in [0.15, 0.2) is 0 Å². The van der Waals surface area contributed by atoms with Crippen molar-refractivity contribution in [2.24, 2.45) is 0 Å². The second-order valence-corrected chi connectivity index (χ2v) is 7.28. The van der Waals surface area contributed by atoms with Crippen LogP contribution in [0.25, 0.3) is 11.5 Å². The van der Waals surface area contributed by atoms with Gasteiger partial charge >= 0.3 is 0 Å². The van der Waals surface area contributed by atoms with Crippen LogP contribution >= 0.6 is 11.3 Å². The molecule has 1 amide bonds. The van der Waals surface area contributed by atoms with E-state index in [0.717, 1.165) is 5.56 Å². The Kier molecular flexibility index (Phi) is 5.44. The quantitative estimate of drug-likeness (QED) is 0.486. The summed E-state index contributed by atoms with van der Waals surface area (Å²) in [5.74, 6) is 1.31. The molecule has 0 saturated heterocycles. The van der Waals surface area contributed by atoms with E-state index in [1.807, 2.05) is 40.5 Å². The highest BCUT2D eigenvalue weighted by Gasteiger charge is 2.19. The van der Waals surface area contributed by atoms with Crippen molar-refractivity contribution in [1.29, 1.82) is 0 Å². The lowest BCUT2D eigenvalue weighted by Gasteiger charge is -2.18. The van der Waals surface area contributed by atoms with Crippen molar-refractivity contribution in [3.63, 3.8) is 0 Å². The minimum absolute atomic E-state index is 0.0624. The highest BCUT2D eigenvalue weighted by Crippen LogP contribution is 2.32. The average molecular weight is 408 g/mol. The number of rotatable bonds is 7. The van der Waals surface area contributed by atoms with Crippen LogP contribution in [-0.2, 0) is 4.79 Å². The van der Waals surface area contributed by atoms with Crippen molar-refractivity contribution < 1.29 is 13.9 Å². The van der Waals surface area contributed by atoms with Crippen LogP contribution in [0.2, 0.25) is 0 Å². The van der Waals surface area contributed by atoms with Gasteiger partial charge in [-0.15, -0.1) is 10.2 Å². The molecule has 0 fully saturated rings. The van der Waals surface area contributed by atoms with E-state index in [1.54, 1.807) is 43.6 Å². The van der Waals surface area contributed by atoms with Crippen LogP contribution in [0.1, 0.15) is 23.9 Å². The van der Waals surface area contributed by atoms with Gasteiger partial charge < -0.3 is 19.0 Å². The second-order valence-electron chi connectivity index (χ2n) is 6.50. The fraction of sp³-hybridized carbons (Fsp3) is 0.190. The topological polar surface area (TPSA) is 82.2 Å². The van der Waals surface area contributed by atoms with E-state index in [-0.39, 0.29) is 11.9 Å². The maximum atomic E-state index is 12.8.